The van der Waals surface area contributed by atoms with Gasteiger partial charge >= 0.3 is 0 Å². The van der Waals surface area contributed by atoms with Gasteiger partial charge in [-0.15, -0.1) is 0 Å². The summed E-state index contributed by atoms with van der Waals surface area (Å²) in [6.45, 7) is 2.70. The highest BCUT2D eigenvalue weighted by Gasteiger charge is 2.14. The maximum absolute atomic E-state index is 10.0. The van der Waals surface area contributed by atoms with E-state index in [0.717, 1.165) is 44.5 Å². The SMILES string of the molecule is CN(C)CCCNC[C@H](O)CO/N=C1\CCCC\C1=C/c1ccccc1. The standard InChI is InChI=1S/C21H33N3O2/c1-24(2)14-8-13-22-16-20(25)17-26-23-21-12-7-6-11-19(21)15-18-9-4-3-5-10-18/h3-5,9-10,15,20,22,25H,6-8,11-14,16-17H2,1-2H3/b19-15+,23-21+/t20-/m0/s1. The van der Waals surface area contributed by atoms with Gasteiger partial charge in [-0.25, -0.2) is 0 Å². The van der Waals surface area contributed by atoms with Crippen LogP contribution in [0.25, 0.3) is 6.08 Å². The molecule has 1 aliphatic carbocycles. The second-order valence-electron chi connectivity index (χ2n) is 7.14. The van der Waals surface area contributed by atoms with Crippen molar-refractivity contribution >= 4 is 11.8 Å². The van der Waals surface area contributed by atoms with Crippen LogP contribution in [-0.4, -0.2) is 62.2 Å². The predicted molar refractivity (Wildman–Crippen MR) is 108 cm³/mol. The summed E-state index contributed by atoms with van der Waals surface area (Å²) in [6.07, 6.45) is 7.04. The maximum Gasteiger partial charge on any atom is 0.144 e. The number of benzene rings is 1. The van der Waals surface area contributed by atoms with Crippen LogP contribution in [0.1, 0.15) is 37.7 Å². The van der Waals surface area contributed by atoms with Crippen LogP contribution in [0.3, 0.4) is 0 Å². The molecule has 1 aromatic rings. The first kappa shape index (κ1) is 20.6. The molecule has 0 radical (unpaired) electrons. The third-order valence-electron chi connectivity index (χ3n) is 4.40. The lowest BCUT2D eigenvalue weighted by Gasteiger charge is -2.17. The molecule has 0 bridgehead atoms. The minimum Gasteiger partial charge on any atom is -0.393 e. The number of oxime groups is 1. The van der Waals surface area contributed by atoms with Gasteiger partial charge in [-0.2, -0.15) is 0 Å². The average molecular weight is 360 g/mol. The highest BCUT2D eigenvalue weighted by molar-refractivity contribution is 6.03. The van der Waals surface area contributed by atoms with Gasteiger partial charge in [0.05, 0.1) is 5.71 Å². The molecule has 1 fully saturated rings. The Hall–Kier alpha value is -1.69. The lowest BCUT2D eigenvalue weighted by Crippen LogP contribution is -2.31. The zero-order chi connectivity index (χ0) is 18.6. The number of hydrogen-bond acceptors (Lipinski definition) is 5. The molecule has 0 unspecified atom stereocenters. The molecule has 0 aromatic heterocycles. The summed E-state index contributed by atoms with van der Waals surface area (Å²) in [5, 5.41) is 17.6. The maximum atomic E-state index is 10.0. The van der Waals surface area contributed by atoms with Gasteiger partial charge in [-0.05, 0) is 76.5 Å². The van der Waals surface area contributed by atoms with Crippen LogP contribution in [0.4, 0.5) is 0 Å². The van der Waals surface area contributed by atoms with Gasteiger partial charge in [-0.3, -0.25) is 0 Å². The first-order chi connectivity index (χ1) is 12.6. The molecule has 2 rings (SSSR count). The fraction of sp³-hybridized carbons (Fsp3) is 0.571. The average Bonchev–Trinajstić information content (AvgIpc) is 2.63. The minimum absolute atomic E-state index is 0.225. The molecule has 5 nitrogen and oxygen atoms in total. The number of rotatable bonds is 10. The van der Waals surface area contributed by atoms with Crippen molar-refractivity contribution in [1.82, 2.24) is 10.2 Å². The molecule has 2 N–H and O–H groups in total. The fourth-order valence-electron chi connectivity index (χ4n) is 2.97. The van der Waals surface area contributed by atoms with Crippen LogP contribution in [0.5, 0.6) is 0 Å². The van der Waals surface area contributed by atoms with Crippen molar-refractivity contribution in [3.05, 3.63) is 41.5 Å². The van der Waals surface area contributed by atoms with E-state index in [9.17, 15) is 5.11 Å². The van der Waals surface area contributed by atoms with E-state index in [1.165, 1.54) is 17.6 Å². The lowest BCUT2D eigenvalue weighted by atomic mass is 9.91. The summed E-state index contributed by atoms with van der Waals surface area (Å²) in [7, 11) is 4.13. The predicted octanol–water partition coefficient (Wildman–Crippen LogP) is 2.92. The molecule has 1 aromatic carbocycles. The number of aliphatic hydroxyl groups is 1. The molecular formula is C21H33N3O2. The van der Waals surface area contributed by atoms with Crippen LogP contribution in [0, 0.1) is 0 Å². The molecule has 0 spiro atoms. The highest BCUT2D eigenvalue weighted by atomic mass is 16.6. The number of nitrogens with zero attached hydrogens (tertiary/aromatic N) is 2. The normalized spacial score (nSPS) is 19.2. The lowest BCUT2D eigenvalue weighted by molar-refractivity contribution is 0.0400. The van der Waals surface area contributed by atoms with Crippen molar-refractivity contribution in [3.63, 3.8) is 0 Å². The van der Waals surface area contributed by atoms with Crippen LogP contribution < -0.4 is 5.32 Å². The Balaban J connectivity index is 1.75. The Morgan fingerprint density at radius 2 is 2.00 bits per heavy atom. The van der Waals surface area contributed by atoms with Crippen molar-refractivity contribution in [2.75, 3.05) is 40.3 Å². The van der Waals surface area contributed by atoms with Crippen molar-refractivity contribution in [2.24, 2.45) is 5.16 Å². The highest BCUT2D eigenvalue weighted by Crippen LogP contribution is 2.23. The first-order valence-corrected chi connectivity index (χ1v) is 9.63. The monoisotopic (exact) mass is 359 g/mol. The van der Waals surface area contributed by atoms with E-state index >= 15 is 0 Å². The molecule has 0 saturated heterocycles. The van der Waals surface area contributed by atoms with E-state index < -0.39 is 6.10 Å². The zero-order valence-electron chi connectivity index (χ0n) is 16.2. The van der Waals surface area contributed by atoms with E-state index in [1.54, 1.807) is 0 Å². The summed E-state index contributed by atoms with van der Waals surface area (Å²) in [4.78, 5) is 7.60. The third-order valence-corrected chi connectivity index (χ3v) is 4.40. The fourth-order valence-corrected chi connectivity index (χ4v) is 2.97. The van der Waals surface area contributed by atoms with E-state index in [0.29, 0.717) is 6.54 Å². The van der Waals surface area contributed by atoms with Crippen molar-refractivity contribution in [3.8, 4) is 0 Å². The summed E-state index contributed by atoms with van der Waals surface area (Å²) >= 11 is 0. The summed E-state index contributed by atoms with van der Waals surface area (Å²) in [6, 6.07) is 10.3. The molecular weight excluding hydrogens is 326 g/mol. The second kappa shape index (κ2) is 11.8. The van der Waals surface area contributed by atoms with Crippen LogP contribution in [-0.2, 0) is 4.84 Å². The van der Waals surface area contributed by atoms with Gasteiger partial charge in [0.2, 0.25) is 0 Å². The topological polar surface area (TPSA) is 57.1 Å². The number of allylic oxidation sites excluding steroid dienone is 1. The van der Waals surface area contributed by atoms with Gasteiger partial charge in [0, 0.05) is 6.54 Å². The summed E-state index contributed by atoms with van der Waals surface area (Å²) in [5.74, 6) is 0. The number of hydrogen-bond donors (Lipinski definition) is 2. The van der Waals surface area contributed by atoms with Gasteiger partial charge in [0.15, 0.2) is 0 Å². The first-order valence-electron chi connectivity index (χ1n) is 9.63. The van der Waals surface area contributed by atoms with Crippen LogP contribution in [0.2, 0.25) is 0 Å². The summed E-state index contributed by atoms with van der Waals surface area (Å²) in [5.41, 5.74) is 3.46. The van der Waals surface area contributed by atoms with Crippen LogP contribution in [0.15, 0.2) is 41.1 Å². The van der Waals surface area contributed by atoms with E-state index in [2.05, 4.69) is 47.7 Å². The Kier molecular flexibility index (Phi) is 9.39. The quantitative estimate of drug-likeness (QED) is 0.498. The Morgan fingerprint density at radius 1 is 1.23 bits per heavy atom. The van der Waals surface area contributed by atoms with Gasteiger partial charge in [0.1, 0.15) is 12.7 Å². The molecule has 0 aliphatic heterocycles. The van der Waals surface area contributed by atoms with E-state index in [1.807, 2.05) is 18.2 Å². The van der Waals surface area contributed by atoms with Crippen LogP contribution >= 0.6 is 0 Å². The van der Waals surface area contributed by atoms with Crippen molar-refractivity contribution in [1.29, 1.82) is 0 Å². The largest absolute Gasteiger partial charge is 0.393 e. The Morgan fingerprint density at radius 3 is 2.77 bits per heavy atom. The smallest absolute Gasteiger partial charge is 0.144 e. The molecule has 144 valence electrons. The molecule has 1 atom stereocenters. The molecule has 26 heavy (non-hydrogen) atoms. The number of aliphatic hydroxyl groups excluding tert-OH is 1. The van der Waals surface area contributed by atoms with Gasteiger partial charge in [0.25, 0.3) is 0 Å². The second-order valence-corrected chi connectivity index (χ2v) is 7.14. The molecule has 1 saturated carbocycles. The van der Waals surface area contributed by atoms with Gasteiger partial charge < -0.3 is 20.2 Å². The molecule has 0 heterocycles. The molecule has 0 amide bonds. The molecule has 1 aliphatic rings. The minimum atomic E-state index is -0.538. The zero-order valence-corrected chi connectivity index (χ0v) is 16.2. The molecule has 5 heteroatoms. The Labute approximate surface area is 157 Å². The van der Waals surface area contributed by atoms with Gasteiger partial charge in [-0.1, -0.05) is 35.5 Å². The van der Waals surface area contributed by atoms with Crippen molar-refractivity contribution in [2.45, 2.75) is 38.2 Å². The number of nitrogens with one attached hydrogen (secondary N) is 1. The van der Waals surface area contributed by atoms with E-state index in [-0.39, 0.29) is 6.61 Å². The third kappa shape index (κ3) is 8.13. The van der Waals surface area contributed by atoms with Crippen molar-refractivity contribution < 1.29 is 9.94 Å². The van der Waals surface area contributed by atoms with E-state index in [4.69, 9.17) is 4.84 Å². The summed E-state index contributed by atoms with van der Waals surface area (Å²) < 4.78 is 0. The Bertz CT molecular complexity index is 570.